The van der Waals surface area contributed by atoms with Crippen molar-refractivity contribution >= 4 is 26.2 Å². The maximum absolute atomic E-state index is 12.6. The van der Waals surface area contributed by atoms with Crippen molar-refractivity contribution in [2.75, 3.05) is 0 Å². The molecule has 2 aromatic rings. The Balaban J connectivity index is 2.40. The Morgan fingerprint density at radius 3 is 2.31 bits per heavy atom. The Labute approximate surface area is 100 Å². The lowest BCUT2D eigenvalue weighted by Crippen LogP contribution is -1.96. The SMILES string of the molecule is O=S(=O)(F)c1ccc(-n2cc(Br)cn2)cc1. The van der Waals surface area contributed by atoms with Gasteiger partial charge in [0.25, 0.3) is 0 Å². The molecule has 84 valence electrons. The third-order valence-corrected chi connectivity index (χ3v) is 3.18. The highest BCUT2D eigenvalue weighted by Gasteiger charge is 2.11. The van der Waals surface area contributed by atoms with Gasteiger partial charge in [0.05, 0.1) is 21.3 Å². The van der Waals surface area contributed by atoms with Gasteiger partial charge in [-0.05, 0) is 40.2 Å². The van der Waals surface area contributed by atoms with Crippen molar-refractivity contribution in [2.45, 2.75) is 4.90 Å². The van der Waals surface area contributed by atoms with Crippen LogP contribution in [0.15, 0.2) is 46.0 Å². The molecule has 0 unspecified atom stereocenters. The fourth-order valence-corrected chi connectivity index (χ4v) is 1.95. The minimum Gasteiger partial charge on any atom is -0.240 e. The van der Waals surface area contributed by atoms with Crippen LogP contribution in [0.5, 0.6) is 0 Å². The van der Waals surface area contributed by atoms with E-state index in [0.29, 0.717) is 5.69 Å². The minimum atomic E-state index is -4.64. The number of hydrogen-bond donors (Lipinski definition) is 0. The van der Waals surface area contributed by atoms with Crippen LogP contribution in [0.4, 0.5) is 3.89 Å². The van der Waals surface area contributed by atoms with Crippen LogP contribution in [0.2, 0.25) is 0 Å². The van der Waals surface area contributed by atoms with E-state index in [0.717, 1.165) is 4.47 Å². The van der Waals surface area contributed by atoms with Crippen molar-refractivity contribution in [3.63, 3.8) is 0 Å². The molecule has 1 aromatic carbocycles. The number of aromatic nitrogens is 2. The summed E-state index contributed by atoms with van der Waals surface area (Å²) in [5.74, 6) is 0. The number of rotatable bonds is 2. The average Bonchev–Trinajstić information content (AvgIpc) is 2.64. The van der Waals surface area contributed by atoms with E-state index < -0.39 is 10.2 Å². The van der Waals surface area contributed by atoms with E-state index in [1.54, 1.807) is 17.1 Å². The number of hydrogen-bond acceptors (Lipinski definition) is 3. The van der Waals surface area contributed by atoms with E-state index in [2.05, 4.69) is 21.0 Å². The van der Waals surface area contributed by atoms with Crippen molar-refractivity contribution in [1.82, 2.24) is 9.78 Å². The quantitative estimate of drug-likeness (QED) is 0.800. The van der Waals surface area contributed by atoms with Crippen molar-refractivity contribution in [3.05, 3.63) is 41.1 Å². The summed E-state index contributed by atoms with van der Waals surface area (Å²) in [6.07, 6.45) is 3.30. The second-order valence-corrected chi connectivity index (χ2v) is 5.30. The molecule has 2 rings (SSSR count). The zero-order chi connectivity index (χ0) is 11.8. The Kier molecular flexibility index (Phi) is 2.81. The maximum atomic E-state index is 12.6. The maximum Gasteiger partial charge on any atom is 0.332 e. The van der Waals surface area contributed by atoms with Crippen LogP contribution >= 0.6 is 15.9 Å². The first-order chi connectivity index (χ1) is 7.47. The molecule has 0 saturated carbocycles. The Morgan fingerprint density at radius 2 is 1.88 bits per heavy atom. The van der Waals surface area contributed by atoms with Gasteiger partial charge in [0.15, 0.2) is 0 Å². The fraction of sp³-hybridized carbons (Fsp3) is 0. The predicted molar refractivity (Wildman–Crippen MR) is 59.6 cm³/mol. The molecule has 0 aliphatic carbocycles. The van der Waals surface area contributed by atoms with Crippen molar-refractivity contribution in [2.24, 2.45) is 0 Å². The zero-order valence-corrected chi connectivity index (χ0v) is 10.2. The smallest absolute Gasteiger partial charge is 0.240 e. The van der Waals surface area contributed by atoms with Gasteiger partial charge in [0, 0.05) is 6.20 Å². The summed E-state index contributed by atoms with van der Waals surface area (Å²) >= 11 is 3.24. The molecule has 0 fully saturated rings. The molecule has 16 heavy (non-hydrogen) atoms. The summed E-state index contributed by atoms with van der Waals surface area (Å²) in [7, 11) is -4.64. The monoisotopic (exact) mass is 304 g/mol. The third kappa shape index (κ3) is 2.30. The van der Waals surface area contributed by atoms with Gasteiger partial charge in [-0.25, -0.2) is 4.68 Å². The van der Waals surface area contributed by atoms with E-state index in [4.69, 9.17) is 0 Å². The summed E-state index contributed by atoms with van der Waals surface area (Å²) in [4.78, 5) is -0.359. The van der Waals surface area contributed by atoms with Crippen LogP contribution in [-0.2, 0) is 10.2 Å². The van der Waals surface area contributed by atoms with Crippen molar-refractivity contribution in [3.8, 4) is 5.69 Å². The molecule has 4 nitrogen and oxygen atoms in total. The largest absolute Gasteiger partial charge is 0.332 e. The van der Waals surface area contributed by atoms with Crippen LogP contribution in [0, 0.1) is 0 Å². The molecule has 7 heteroatoms. The Bertz CT molecular complexity index is 607. The van der Waals surface area contributed by atoms with Gasteiger partial charge in [0.1, 0.15) is 0 Å². The first kappa shape index (κ1) is 11.3. The summed E-state index contributed by atoms with van der Waals surface area (Å²) < 4.78 is 36.1. The molecule has 0 bridgehead atoms. The lowest BCUT2D eigenvalue weighted by Gasteiger charge is -2.01. The third-order valence-electron chi connectivity index (χ3n) is 1.93. The van der Waals surface area contributed by atoms with Gasteiger partial charge in [-0.15, -0.1) is 3.89 Å². The molecular formula is C9H6BrFN2O2S. The summed E-state index contributed by atoms with van der Waals surface area (Å²) in [5, 5.41) is 4.00. The summed E-state index contributed by atoms with van der Waals surface area (Å²) in [6.45, 7) is 0. The Hall–Kier alpha value is -1.21. The van der Waals surface area contributed by atoms with Crippen LogP contribution in [0.1, 0.15) is 0 Å². The highest BCUT2D eigenvalue weighted by atomic mass is 79.9. The predicted octanol–water partition coefficient (Wildman–Crippen LogP) is 2.29. The van der Waals surface area contributed by atoms with E-state index in [-0.39, 0.29) is 4.90 Å². The van der Waals surface area contributed by atoms with Crippen LogP contribution in [0.25, 0.3) is 5.69 Å². The molecule has 0 saturated heterocycles. The first-order valence-electron chi connectivity index (χ1n) is 4.22. The lowest BCUT2D eigenvalue weighted by atomic mass is 10.3. The fourth-order valence-electron chi connectivity index (χ4n) is 1.20. The molecule has 0 radical (unpaired) electrons. The number of benzene rings is 1. The second-order valence-electron chi connectivity index (χ2n) is 3.03. The van der Waals surface area contributed by atoms with Gasteiger partial charge < -0.3 is 0 Å². The van der Waals surface area contributed by atoms with E-state index in [9.17, 15) is 12.3 Å². The second kappa shape index (κ2) is 3.99. The van der Waals surface area contributed by atoms with Gasteiger partial charge in [-0.2, -0.15) is 13.5 Å². The molecule has 1 aromatic heterocycles. The molecular weight excluding hydrogens is 299 g/mol. The highest BCUT2D eigenvalue weighted by Crippen LogP contribution is 2.16. The van der Waals surface area contributed by atoms with Crippen LogP contribution in [-0.4, -0.2) is 18.2 Å². The molecule has 0 amide bonds. The highest BCUT2D eigenvalue weighted by molar-refractivity contribution is 9.10. The summed E-state index contributed by atoms with van der Waals surface area (Å²) in [5.41, 5.74) is 0.651. The van der Waals surface area contributed by atoms with Gasteiger partial charge in [-0.1, -0.05) is 0 Å². The molecule has 0 aliphatic rings. The topological polar surface area (TPSA) is 52.0 Å². The van der Waals surface area contributed by atoms with Gasteiger partial charge >= 0.3 is 10.2 Å². The van der Waals surface area contributed by atoms with E-state index in [1.165, 1.54) is 24.3 Å². The van der Waals surface area contributed by atoms with E-state index >= 15 is 0 Å². The number of halogens is 2. The molecule has 0 aliphatic heterocycles. The summed E-state index contributed by atoms with van der Waals surface area (Å²) in [6, 6.07) is 5.35. The van der Waals surface area contributed by atoms with Crippen molar-refractivity contribution in [1.29, 1.82) is 0 Å². The van der Waals surface area contributed by atoms with Crippen LogP contribution in [0.3, 0.4) is 0 Å². The Morgan fingerprint density at radius 1 is 1.25 bits per heavy atom. The average molecular weight is 305 g/mol. The minimum absolute atomic E-state index is 0.359. The standard InChI is InChI=1S/C9H6BrFN2O2S/c10-7-5-12-13(6-7)8-1-3-9(4-2-8)16(11,14)15/h1-6H. The van der Waals surface area contributed by atoms with Gasteiger partial charge in [0.2, 0.25) is 0 Å². The van der Waals surface area contributed by atoms with E-state index in [1.807, 2.05) is 0 Å². The molecule has 0 N–H and O–H groups in total. The van der Waals surface area contributed by atoms with Crippen molar-refractivity contribution < 1.29 is 12.3 Å². The normalized spacial score (nSPS) is 11.6. The lowest BCUT2D eigenvalue weighted by molar-refractivity contribution is 0.552. The molecule has 1 heterocycles. The van der Waals surface area contributed by atoms with Crippen LogP contribution < -0.4 is 0 Å². The first-order valence-corrected chi connectivity index (χ1v) is 6.40. The molecule has 0 atom stereocenters. The molecule has 0 spiro atoms. The number of nitrogens with zero attached hydrogens (tertiary/aromatic N) is 2. The zero-order valence-electron chi connectivity index (χ0n) is 7.84. The van der Waals surface area contributed by atoms with Gasteiger partial charge in [-0.3, -0.25) is 0 Å².